The molecule has 0 aliphatic heterocycles. The number of carboxylic acids is 1. The second kappa shape index (κ2) is 8.79. The first-order valence-corrected chi connectivity index (χ1v) is 7.48. The Labute approximate surface area is 120 Å². The van der Waals surface area contributed by atoms with Crippen LogP contribution in [0.25, 0.3) is 0 Å². The summed E-state index contributed by atoms with van der Waals surface area (Å²) in [5.74, 6) is -0.913. The molecule has 1 atom stereocenters. The molecule has 0 aromatic carbocycles. The standard InChI is InChI=1S/C14H26N2O4/c1-2-11(10-13(18)19)15-14(20)16(8-9-17)12-6-4-3-5-7-12/h11-12,17H,2-10H2,1H3,(H,15,20)(H,18,19). The highest BCUT2D eigenvalue weighted by molar-refractivity contribution is 5.76. The van der Waals surface area contributed by atoms with Crippen molar-refractivity contribution < 1.29 is 19.8 Å². The molecule has 116 valence electrons. The van der Waals surface area contributed by atoms with Gasteiger partial charge in [-0.25, -0.2) is 4.79 Å². The van der Waals surface area contributed by atoms with Crippen molar-refractivity contribution >= 4 is 12.0 Å². The maximum atomic E-state index is 12.3. The second-order valence-electron chi connectivity index (χ2n) is 5.36. The molecule has 1 saturated carbocycles. The summed E-state index contributed by atoms with van der Waals surface area (Å²) in [5.41, 5.74) is 0. The van der Waals surface area contributed by atoms with E-state index in [0.29, 0.717) is 13.0 Å². The van der Waals surface area contributed by atoms with Crippen LogP contribution in [0.15, 0.2) is 0 Å². The number of urea groups is 1. The first-order valence-electron chi connectivity index (χ1n) is 7.48. The molecule has 3 N–H and O–H groups in total. The van der Waals surface area contributed by atoms with Crippen LogP contribution in [-0.2, 0) is 4.79 Å². The molecule has 0 saturated heterocycles. The zero-order valence-corrected chi connectivity index (χ0v) is 12.2. The molecule has 0 bridgehead atoms. The van der Waals surface area contributed by atoms with Gasteiger partial charge in [0, 0.05) is 18.6 Å². The van der Waals surface area contributed by atoms with Crippen LogP contribution >= 0.6 is 0 Å². The smallest absolute Gasteiger partial charge is 0.317 e. The lowest BCUT2D eigenvalue weighted by Crippen LogP contribution is -2.51. The van der Waals surface area contributed by atoms with Crippen LogP contribution in [0.4, 0.5) is 4.79 Å². The van der Waals surface area contributed by atoms with Gasteiger partial charge in [0.25, 0.3) is 0 Å². The normalized spacial score (nSPS) is 17.5. The molecule has 1 aliphatic carbocycles. The third kappa shape index (κ3) is 5.36. The molecule has 6 heteroatoms. The number of aliphatic carboxylic acids is 1. The van der Waals surface area contributed by atoms with Crippen molar-refractivity contribution in [1.82, 2.24) is 10.2 Å². The first-order chi connectivity index (χ1) is 9.58. The lowest BCUT2D eigenvalue weighted by molar-refractivity contribution is -0.137. The van der Waals surface area contributed by atoms with Crippen molar-refractivity contribution in [1.29, 1.82) is 0 Å². The van der Waals surface area contributed by atoms with Crippen molar-refractivity contribution in [3.8, 4) is 0 Å². The Bertz CT molecular complexity index is 316. The van der Waals surface area contributed by atoms with Crippen LogP contribution in [0.3, 0.4) is 0 Å². The van der Waals surface area contributed by atoms with Crippen molar-refractivity contribution in [2.75, 3.05) is 13.2 Å². The van der Waals surface area contributed by atoms with E-state index in [1.165, 1.54) is 6.42 Å². The zero-order chi connectivity index (χ0) is 15.0. The minimum atomic E-state index is -0.913. The number of carbonyl (C=O) groups is 2. The molecule has 0 heterocycles. The number of aliphatic hydroxyl groups excluding tert-OH is 1. The van der Waals surface area contributed by atoms with E-state index in [0.717, 1.165) is 25.7 Å². The summed E-state index contributed by atoms with van der Waals surface area (Å²) >= 11 is 0. The van der Waals surface area contributed by atoms with Gasteiger partial charge >= 0.3 is 12.0 Å². The van der Waals surface area contributed by atoms with Gasteiger partial charge in [-0.05, 0) is 19.3 Å². The molecule has 1 rings (SSSR count). The van der Waals surface area contributed by atoms with Gasteiger partial charge < -0.3 is 20.4 Å². The Kier molecular flexibility index (Phi) is 7.36. The largest absolute Gasteiger partial charge is 0.481 e. The number of hydrogen-bond acceptors (Lipinski definition) is 3. The fourth-order valence-electron chi connectivity index (χ4n) is 2.72. The van der Waals surface area contributed by atoms with Crippen molar-refractivity contribution in [3.05, 3.63) is 0 Å². The van der Waals surface area contributed by atoms with Crippen molar-refractivity contribution in [2.24, 2.45) is 0 Å². The fraction of sp³-hybridized carbons (Fsp3) is 0.857. The van der Waals surface area contributed by atoms with E-state index in [2.05, 4.69) is 5.32 Å². The molecule has 1 fully saturated rings. The molecule has 2 amide bonds. The van der Waals surface area contributed by atoms with E-state index in [4.69, 9.17) is 10.2 Å². The van der Waals surface area contributed by atoms with Gasteiger partial charge in [0.15, 0.2) is 0 Å². The Morgan fingerprint density at radius 1 is 1.30 bits per heavy atom. The van der Waals surface area contributed by atoms with Gasteiger partial charge in [-0.15, -0.1) is 0 Å². The fourth-order valence-corrected chi connectivity index (χ4v) is 2.72. The van der Waals surface area contributed by atoms with E-state index >= 15 is 0 Å². The average molecular weight is 286 g/mol. The molecule has 1 unspecified atom stereocenters. The highest BCUT2D eigenvalue weighted by Gasteiger charge is 2.26. The lowest BCUT2D eigenvalue weighted by atomic mass is 9.94. The first kappa shape index (κ1) is 16.8. The van der Waals surface area contributed by atoms with Gasteiger partial charge in [0.1, 0.15) is 0 Å². The van der Waals surface area contributed by atoms with E-state index < -0.39 is 5.97 Å². The third-order valence-corrected chi connectivity index (χ3v) is 3.86. The number of nitrogens with zero attached hydrogens (tertiary/aromatic N) is 1. The topological polar surface area (TPSA) is 89.9 Å². The van der Waals surface area contributed by atoms with Gasteiger partial charge in [-0.2, -0.15) is 0 Å². The second-order valence-corrected chi connectivity index (χ2v) is 5.36. The minimum Gasteiger partial charge on any atom is -0.481 e. The number of aliphatic hydroxyl groups is 1. The van der Waals surface area contributed by atoms with E-state index in [9.17, 15) is 9.59 Å². The predicted octanol–water partition coefficient (Wildman–Crippen LogP) is 1.58. The highest BCUT2D eigenvalue weighted by atomic mass is 16.4. The minimum absolute atomic E-state index is 0.0696. The van der Waals surface area contributed by atoms with Crippen molar-refractivity contribution in [2.45, 2.75) is 64.0 Å². The quantitative estimate of drug-likeness (QED) is 0.662. The summed E-state index contributed by atoms with van der Waals surface area (Å²) in [6, 6.07) is -0.443. The summed E-state index contributed by atoms with van der Waals surface area (Å²) in [5, 5.41) is 20.7. The molecule has 0 aromatic heterocycles. The number of carbonyl (C=O) groups excluding carboxylic acids is 1. The number of hydrogen-bond donors (Lipinski definition) is 3. The SMILES string of the molecule is CCC(CC(=O)O)NC(=O)N(CCO)C1CCCCC1. The molecule has 1 aliphatic rings. The summed E-state index contributed by atoms with van der Waals surface area (Å²) in [6.07, 6.45) is 5.84. The highest BCUT2D eigenvalue weighted by Crippen LogP contribution is 2.22. The maximum absolute atomic E-state index is 12.3. The third-order valence-electron chi connectivity index (χ3n) is 3.86. The Morgan fingerprint density at radius 3 is 2.45 bits per heavy atom. The van der Waals surface area contributed by atoms with Gasteiger partial charge in [-0.1, -0.05) is 26.2 Å². The summed E-state index contributed by atoms with van der Waals surface area (Å²) in [6.45, 7) is 2.09. The number of nitrogens with one attached hydrogen (secondary N) is 1. The van der Waals surface area contributed by atoms with Crippen LogP contribution in [0.5, 0.6) is 0 Å². The monoisotopic (exact) mass is 286 g/mol. The van der Waals surface area contributed by atoms with E-state index in [-0.39, 0.29) is 31.1 Å². The number of amides is 2. The van der Waals surface area contributed by atoms with Crippen molar-refractivity contribution in [3.63, 3.8) is 0 Å². The summed E-state index contributed by atoms with van der Waals surface area (Å²) in [7, 11) is 0. The van der Waals surface area contributed by atoms with Crippen LogP contribution < -0.4 is 5.32 Å². The molecule has 20 heavy (non-hydrogen) atoms. The maximum Gasteiger partial charge on any atom is 0.317 e. The Hall–Kier alpha value is -1.30. The van der Waals surface area contributed by atoms with Crippen LogP contribution in [0.2, 0.25) is 0 Å². The predicted molar refractivity (Wildman–Crippen MR) is 75.5 cm³/mol. The van der Waals surface area contributed by atoms with Crippen LogP contribution in [0, 0.1) is 0 Å². The molecular formula is C14H26N2O4. The van der Waals surface area contributed by atoms with Crippen LogP contribution in [-0.4, -0.2) is 52.3 Å². The molecule has 0 radical (unpaired) electrons. The zero-order valence-electron chi connectivity index (χ0n) is 12.2. The number of carboxylic acid groups (broad SMARTS) is 1. The lowest BCUT2D eigenvalue weighted by Gasteiger charge is -2.35. The van der Waals surface area contributed by atoms with E-state index in [1.54, 1.807) is 4.90 Å². The van der Waals surface area contributed by atoms with Gasteiger partial charge in [-0.3, -0.25) is 4.79 Å². The molecule has 0 aromatic rings. The Morgan fingerprint density at radius 2 is 1.95 bits per heavy atom. The molecule has 0 spiro atoms. The van der Waals surface area contributed by atoms with E-state index in [1.807, 2.05) is 6.92 Å². The van der Waals surface area contributed by atoms with Gasteiger partial charge in [0.05, 0.1) is 13.0 Å². The number of rotatable bonds is 7. The molecular weight excluding hydrogens is 260 g/mol. The van der Waals surface area contributed by atoms with Gasteiger partial charge in [0.2, 0.25) is 0 Å². The summed E-state index contributed by atoms with van der Waals surface area (Å²) < 4.78 is 0. The van der Waals surface area contributed by atoms with Crippen LogP contribution in [0.1, 0.15) is 51.9 Å². The average Bonchev–Trinajstić information content (AvgIpc) is 2.44. The molecule has 6 nitrogen and oxygen atoms in total. The summed E-state index contributed by atoms with van der Waals surface area (Å²) in [4.78, 5) is 24.7. The Balaban J connectivity index is 2.59.